The van der Waals surface area contributed by atoms with Gasteiger partial charge in [-0.15, -0.1) is 0 Å². The predicted molar refractivity (Wildman–Crippen MR) is 92.3 cm³/mol. The molecule has 1 aliphatic heterocycles. The number of pyridine rings is 1. The Labute approximate surface area is 143 Å². The van der Waals surface area contributed by atoms with Crippen LogP contribution in [0.5, 0.6) is 0 Å². The van der Waals surface area contributed by atoms with Gasteiger partial charge in [-0.2, -0.15) is 0 Å². The molecule has 7 heteroatoms. The highest BCUT2D eigenvalue weighted by Gasteiger charge is 2.26. The number of anilines is 2. The highest BCUT2D eigenvalue weighted by atomic mass is 79.9. The van der Waals surface area contributed by atoms with Crippen LogP contribution in [0.3, 0.4) is 0 Å². The third-order valence-corrected chi connectivity index (χ3v) is 4.62. The molecule has 1 aliphatic rings. The Balaban J connectivity index is 1.77. The van der Waals surface area contributed by atoms with E-state index < -0.39 is 0 Å². The lowest BCUT2D eigenvalue weighted by atomic mass is 10.0. The van der Waals surface area contributed by atoms with Crippen molar-refractivity contribution in [1.82, 2.24) is 15.0 Å². The van der Waals surface area contributed by atoms with Crippen molar-refractivity contribution in [3.63, 3.8) is 0 Å². The molecule has 0 aliphatic carbocycles. The average Bonchev–Trinajstić information content (AvgIpc) is 2.54. The number of hydrogen-bond acceptors (Lipinski definition) is 5. The maximum absolute atomic E-state index is 14.2. The van der Waals surface area contributed by atoms with Gasteiger partial charge in [0.1, 0.15) is 12.1 Å². The summed E-state index contributed by atoms with van der Waals surface area (Å²) in [5.74, 6) is 1.03. The molecule has 1 atom stereocenters. The van der Waals surface area contributed by atoms with Crippen molar-refractivity contribution >= 4 is 27.6 Å². The number of aromatic nitrogens is 3. The van der Waals surface area contributed by atoms with Crippen LogP contribution in [0.25, 0.3) is 0 Å². The molecule has 0 aromatic carbocycles. The molecular formula is C16H19BrFN5. The molecule has 23 heavy (non-hydrogen) atoms. The summed E-state index contributed by atoms with van der Waals surface area (Å²) in [6, 6.07) is 3.70. The molecule has 5 nitrogen and oxygen atoms in total. The molecule has 0 N–H and O–H groups in total. The molecule has 1 fully saturated rings. The van der Waals surface area contributed by atoms with E-state index in [0.29, 0.717) is 10.3 Å². The lowest BCUT2D eigenvalue weighted by Gasteiger charge is -2.38. The van der Waals surface area contributed by atoms with E-state index in [1.54, 1.807) is 12.5 Å². The Bertz CT molecular complexity index is 696. The van der Waals surface area contributed by atoms with Gasteiger partial charge in [0.05, 0.1) is 0 Å². The van der Waals surface area contributed by atoms with Crippen LogP contribution in [-0.4, -0.2) is 41.1 Å². The molecule has 1 unspecified atom stereocenters. The van der Waals surface area contributed by atoms with Crippen LogP contribution in [0.4, 0.5) is 16.0 Å². The Morgan fingerprint density at radius 1 is 1.30 bits per heavy atom. The molecule has 3 heterocycles. The first-order valence-electron chi connectivity index (χ1n) is 7.62. The average molecular weight is 380 g/mol. The van der Waals surface area contributed by atoms with Gasteiger partial charge >= 0.3 is 0 Å². The zero-order valence-corrected chi connectivity index (χ0v) is 14.8. The van der Waals surface area contributed by atoms with E-state index in [1.165, 1.54) is 6.07 Å². The second kappa shape index (κ2) is 6.78. The number of halogens is 2. The summed E-state index contributed by atoms with van der Waals surface area (Å²) in [6.07, 6.45) is 5.27. The van der Waals surface area contributed by atoms with Crippen molar-refractivity contribution in [1.29, 1.82) is 0 Å². The van der Waals surface area contributed by atoms with Crippen LogP contribution in [0.2, 0.25) is 0 Å². The minimum atomic E-state index is -0.291. The number of aryl methyl sites for hydroxylation is 1. The van der Waals surface area contributed by atoms with Crippen LogP contribution in [0.1, 0.15) is 18.5 Å². The van der Waals surface area contributed by atoms with Gasteiger partial charge in [0.15, 0.2) is 11.6 Å². The minimum absolute atomic E-state index is 0.267. The molecule has 122 valence electrons. The fraction of sp³-hybridized carbons (Fsp3) is 0.438. The number of hydrogen-bond donors (Lipinski definition) is 0. The maximum atomic E-state index is 14.2. The SMILES string of the molecule is Cc1cc(N(C)C2CCCN(c3ncc(Br)cc3F)C2)ncn1. The van der Waals surface area contributed by atoms with E-state index in [9.17, 15) is 4.39 Å². The normalized spacial score (nSPS) is 18.1. The van der Waals surface area contributed by atoms with E-state index in [4.69, 9.17) is 0 Å². The van der Waals surface area contributed by atoms with E-state index in [-0.39, 0.29) is 11.9 Å². The number of rotatable bonds is 3. The van der Waals surface area contributed by atoms with Crippen LogP contribution in [0.15, 0.2) is 29.1 Å². The fourth-order valence-corrected chi connectivity index (χ4v) is 3.23. The predicted octanol–water partition coefficient (Wildman–Crippen LogP) is 3.19. The zero-order chi connectivity index (χ0) is 16.4. The van der Waals surface area contributed by atoms with Gasteiger partial charge in [-0.1, -0.05) is 0 Å². The van der Waals surface area contributed by atoms with Crippen molar-refractivity contribution < 1.29 is 4.39 Å². The molecule has 0 bridgehead atoms. The molecule has 0 saturated carbocycles. The highest BCUT2D eigenvalue weighted by Crippen LogP contribution is 2.26. The van der Waals surface area contributed by atoms with Gasteiger partial charge in [-0.25, -0.2) is 19.3 Å². The molecule has 0 spiro atoms. The molecule has 2 aromatic rings. The third-order valence-electron chi connectivity index (χ3n) is 4.18. The third kappa shape index (κ3) is 3.60. The van der Waals surface area contributed by atoms with Crippen LogP contribution >= 0.6 is 15.9 Å². The maximum Gasteiger partial charge on any atom is 0.166 e. The van der Waals surface area contributed by atoms with Crippen molar-refractivity contribution in [2.24, 2.45) is 0 Å². The lowest BCUT2D eigenvalue weighted by molar-refractivity contribution is 0.475. The molecule has 2 aromatic heterocycles. The smallest absolute Gasteiger partial charge is 0.166 e. The summed E-state index contributed by atoms with van der Waals surface area (Å²) >= 11 is 3.25. The second-order valence-electron chi connectivity index (χ2n) is 5.83. The quantitative estimate of drug-likeness (QED) is 0.819. The van der Waals surface area contributed by atoms with Crippen LogP contribution in [-0.2, 0) is 0 Å². The summed E-state index contributed by atoms with van der Waals surface area (Å²) in [5, 5.41) is 0. The fourth-order valence-electron chi connectivity index (χ4n) is 2.92. The molecule has 0 radical (unpaired) electrons. The highest BCUT2D eigenvalue weighted by molar-refractivity contribution is 9.10. The van der Waals surface area contributed by atoms with Crippen LogP contribution in [0, 0.1) is 12.7 Å². The minimum Gasteiger partial charge on any atom is -0.355 e. The Morgan fingerprint density at radius 3 is 2.87 bits per heavy atom. The van der Waals surface area contributed by atoms with Gasteiger partial charge in [-0.05, 0) is 41.8 Å². The van der Waals surface area contributed by atoms with Crippen molar-refractivity contribution in [2.45, 2.75) is 25.8 Å². The number of likely N-dealkylation sites (N-methyl/N-ethyl adjacent to an activating group) is 1. The van der Waals surface area contributed by atoms with Gasteiger partial charge < -0.3 is 9.80 Å². The topological polar surface area (TPSA) is 45.2 Å². The number of nitrogens with zero attached hydrogens (tertiary/aromatic N) is 5. The van der Waals surface area contributed by atoms with E-state index in [0.717, 1.165) is 37.4 Å². The molecule has 3 rings (SSSR count). The van der Waals surface area contributed by atoms with Crippen molar-refractivity contribution in [3.05, 3.63) is 40.6 Å². The Kier molecular flexibility index (Phi) is 4.75. The summed E-state index contributed by atoms with van der Waals surface area (Å²) in [6.45, 7) is 3.50. The second-order valence-corrected chi connectivity index (χ2v) is 6.75. The largest absolute Gasteiger partial charge is 0.355 e. The molecule has 0 amide bonds. The van der Waals surface area contributed by atoms with Crippen molar-refractivity contribution in [2.75, 3.05) is 29.9 Å². The monoisotopic (exact) mass is 379 g/mol. The van der Waals surface area contributed by atoms with Gasteiger partial charge in [0.25, 0.3) is 0 Å². The van der Waals surface area contributed by atoms with E-state index in [2.05, 4.69) is 35.8 Å². The standard InChI is InChI=1S/C16H19BrFN5/c1-11-6-15(21-10-20-11)22(2)13-4-3-5-23(9-13)16-14(18)7-12(17)8-19-16/h6-8,10,13H,3-5,9H2,1-2H3. The summed E-state index contributed by atoms with van der Waals surface area (Å²) < 4.78 is 14.8. The first kappa shape index (κ1) is 16.1. The molecular weight excluding hydrogens is 361 g/mol. The zero-order valence-electron chi connectivity index (χ0n) is 13.2. The lowest BCUT2D eigenvalue weighted by Crippen LogP contribution is -2.47. The Morgan fingerprint density at radius 2 is 2.13 bits per heavy atom. The van der Waals surface area contributed by atoms with Gasteiger partial charge in [0, 0.05) is 48.6 Å². The van der Waals surface area contributed by atoms with Gasteiger partial charge in [0.2, 0.25) is 0 Å². The van der Waals surface area contributed by atoms with E-state index >= 15 is 0 Å². The van der Waals surface area contributed by atoms with Gasteiger partial charge in [-0.3, -0.25) is 0 Å². The van der Waals surface area contributed by atoms with Crippen molar-refractivity contribution in [3.8, 4) is 0 Å². The first-order chi connectivity index (χ1) is 11.0. The van der Waals surface area contributed by atoms with Crippen LogP contribution < -0.4 is 9.80 Å². The molecule has 1 saturated heterocycles. The summed E-state index contributed by atoms with van der Waals surface area (Å²) in [7, 11) is 2.03. The summed E-state index contributed by atoms with van der Waals surface area (Å²) in [5.41, 5.74) is 0.940. The Hall–Kier alpha value is -1.76. The first-order valence-corrected chi connectivity index (χ1v) is 8.41. The summed E-state index contributed by atoms with van der Waals surface area (Å²) in [4.78, 5) is 16.9. The number of piperidine rings is 1. The van der Waals surface area contributed by atoms with E-state index in [1.807, 2.05) is 24.9 Å².